The van der Waals surface area contributed by atoms with Crippen molar-refractivity contribution in [3.05, 3.63) is 29.3 Å². The van der Waals surface area contributed by atoms with Crippen LogP contribution in [0, 0.1) is 24.2 Å². The van der Waals surface area contributed by atoms with Crippen molar-refractivity contribution in [2.24, 2.45) is 5.92 Å². The lowest BCUT2D eigenvalue weighted by Crippen LogP contribution is -2.41. The van der Waals surface area contributed by atoms with E-state index in [0.717, 1.165) is 12.8 Å². The normalized spacial score (nSPS) is 20.6. The largest absolute Gasteiger partial charge is 0.396 e. The van der Waals surface area contributed by atoms with Crippen molar-refractivity contribution in [3.8, 4) is 6.07 Å². The molecule has 1 aliphatic rings. The number of piperidine rings is 1. The quantitative estimate of drug-likeness (QED) is 0.910. The molecule has 108 valence electrons. The minimum atomic E-state index is -3.55. The number of nitrogens with zero attached hydrogens (tertiary/aromatic N) is 2. The number of aliphatic hydroxyl groups excluding tert-OH is 1. The third-order valence-electron chi connectivity index (χ3n) is 3.66. The Morgan fingerprint density at radius 3 is 2.85 bits per heavy atom. The van der Waals surface area contributed by atoms with E-state index in [9.17, 15) is 13.5 Å². The van der Waals surface area contributed by atoms with Crippen molar-refractivity contribution in [2.45, 2.75) is 24.7 Å². The second-order valence-corrected chi connectivity index (χ2v) is 7.05. The average molecular weight is 294 g/mol. The maximum atomic E-state index is 12.6. The smallest absolute Gasteiger partial charge is 0.243 e. The van der Waals surface area contributed by atoms with E-state index in [-0.39, 0.29) is 17.4 Å². The molecule has 5 nitrogen and oxygen atoms in total. The first-order valence-electron chi connectivity index (χ1n) is 6.61. The van der Waals surface area contributed by atoms with Crippen molar-refractivity contribution in [1.29, 1.82) is 5.26 Å². The monoisotopic (exact) mass is 294 g/mol. The Labute approximate surface area is 119 Å². The number of aryl methyl sites for hydroxylation is 1. The first-order valence-corrected chi connectivity index (χ1v) is 8.05. The van der Waals surface area contributed by atoms with E-state index >= 15 is 0 Å². The highest BCUT2D eigenvalue weighted by Crippen LogP contribution is 2.25. The lowest BCUT2D eigenvalue weighted by atomic mass is 10.0. The first kappa shape index (κ1) is 15.0. The Morgan fingerprint density at radius 2 is 2.25 bits per heavy atom. The van der Waals surface area contributed by atoms with Gasteiger partial charge in [-0.25, -0.2) is 8.42 Å². The van der Waals surface area contributed by atoms with Gasteiger partial charge in [0.05, 0.1) is 16.5 Å². The van der Waals surface area contributed by atoms with Gasteiger partial charge in [-0.1, -0.05) is 0 Å². The van der Waals surface area contributed by atoms with Crippen LogP contribution in [-0.2, 0) is 10.0 Å². The molecular weight excluding hydrogens is 276 g/mol. The Balaban J connectivity index is 2.33. The van der Waals surface area contributed by atoms with Gasteiger partial charge in [0.2, 0.25) is 10.0 Å². The highest BCUT2D eigenvalue weighted by atomic mass is 32.2. The molecule has 1 saturated heterocycles. The molecule has 1 aromatic rings. The molecule has 2 rings (SSSR count). The molecule has 1 aliphatic heterocycles. The fraction of sp³-hybridized carbons (Fsp3) is 0.500. The summed E-state index contributed by atoms with van der Waals surface area (Å²) >= 11 is 0. The minimum Gasteiger partial charge on any atom is -0.396 e. The van der Waals surface area contributed by atoms with E-state index < -0.39 is 10.0 Å². The number of aliphatic hydroxyl groups is 1. The third kappa shape index (κ3) is 2.85. The van der Waals surface area contributed by atoms with Crippen LogP contribution in [0.1, 0.15) is 24.0 Å². The summed E-state index contributed by atoms with van der Waals surface area (Å²) in [5.41, 5.74) is 1.03. The molecule has 0 aromatic heterocycles. The van der Waals surface area contributed by atoms with Gasteiger partial charge in [0.15, 0.2) is 0 Å². The van der Waals surface area contributed by atoms with E-state index in [0.29, 0.717) is 24.2 Å². The maximum absolute atomic E-state index is 12.6. The summed E-state index contributed by atoms with van der Waals surface area (Å²) in [6.07, 6.45) is 1.62. The second-order valence-electron chi connectivity index (χ2n) is 5.15. The summed E-state index contributed by atoms with van der Waals surface area (Å²) in [5, 5.41) is 18.0. The van der Waals surface area contributed by atoms with Crippen molar-refractivity contribution in [3.63, 3.8) is 0 Å². The van der Waals surface area contributed by atoms with Gasteiger partial charge in [-0.2, -0.15) is 9.57 Å². The number of rotatable bonds is 3. The maximum Gasteiger partial charge on any atom is 0.243 e. The van der Waals surface area contributed by atoms with Crippen LogP contribution < -0.4 is 0 Å². The van der Waals surface area contributed by atoms with E-state index in [1.54, 1.807) is 13.0 Å². The molecule has 1 heterocycles. The summed E-state index contributed by atoms with van der Waals surface area (Å²) in [5.74, 6) is 0.0113. The predicted octanol–water partition coefficient (Wildman–Crippen LogP) is 1.26. The molecular formula is C14H18N2O3S. The molecule has 20 heavy (non-hydrogen) atoms. The molecule has 6 heteroatoms. The van der Waals surface area contributed by atoms with Crippen LogP contribution in [-0.4, -0.2) is 37.5 Å². The number of sulfonamides is 1. The molecule has 1 atom stereocenters. The molecule has 0 aliphatic carbocycles. The molecule has 0 saturated carbocycles. The van der Waals surface area contributed by atoms with Gasteiger partial charge in [0.25, 0.3) is 0 Å². The van der Waals surface area contributed by atoms with Crippen molar-refractivity contribution in [2.75, 3.05) is 19.7 Å². The molecule has 1 aromatic carbocycles. The third-order valence-corrected chi connectivity index (χ3v) is 5.69. The van der Waals surface area contributed by atoms with Gasteiger partial charge in [-0.15, -0.1) is 0 Å². The van der Waals surface area contributed by atoms with Gasteiger partial charge in [-0.05, 0) is 49.4 Å². The zero-order chi connectivity index (χ0) is 14.8. The van der Waals surface area contributed by atoms with E-state index in [4.69, 9.17) is 5.26 Å². The second kappa shape index (κ2) is 5.92. The first-order chi connectivity index (χ1) is 9.48. The Morgan fingerprint density at radius 1 is 1.50 bits per heavy atom. The summed E-state index contributed by atoms with van der Waals surface area (Å²) in [6.45, 7) is 2.55. The van der Waals surface area contributed by atoms with Gasteiger partial charge < -0.3 is 5.11 Å². The SMILES string of the molecule is Cc1cc(C#N)ccc1S(=O)(=O)N1CCCC(CO)C1. The van der Waals surface area contributed by atoms with Gasteiger partial charge in [-0.3, -0.25) is 0 Å². The Bertz CT molecular complexity index is 634. The van der Waals surface area contributed by atoms with Crippen LogP contribution in [0.15, 0.2) is 23.1 Å². The number of benzene rings is 1. The van der Waals surface area contributed by atoms with Crippen molar-refractivity contribution >= 4 is 10.0 Å². The van der Waals surface area contributed by atoms with Gasteiger partial charge in [0, 0.05) is 19.7 Å². The molecule has 1 unspecified atom stereocenters. The fourth-order valence-corrected chi connectivity index (χ4v) is 4.30. The van der Waals surface area contributed by atoms with Gasteiger partial charge in [0.1, 0.15) is 0 Å². The van der Waals surface area contributed by atoms with Crippen molar-refractivity contribution < 1.29 is 13.5 Å². The van der Waals surface area contributed by atoms with E-state index in [1.807, 2.05) is 6.07 Å². The highest BCUT2D eigenvalue weighted by Gasteiger charge is 2.30. The molecule has 0 radical (unpaired) electrons. The molecule has 0 amide bonds. The Kier molecular flexibility index (Phi) is 4.43. The summed E-state index contributed by atoms with van der Waals surface area (Å²) in [6, 6.07) is 6.60. The van der Waals surface area contributed by atoms with Crippen LogP contribution in [0.4, 0.5) is 0 Å². The molecule has 0 spiro atoms. The minimum absolute atomic E-state index is 0.0113. The van der Waals surface area contributed by atoms with Crippen LogP contribution in [0.3, 0.4) is 0 Å². The highest BCUT2D eigenvalue weighted by molar-refractivity contribution is 7.89. The standard InChI is InChI=1S/C14H18N2O3S/c1-11-7-12(8-15)4-5-14(11)20(18,19)16-6-2-3-13(9-16)10-17/h4-5,7,13,17H,2-3,6,9-10H2,1H3. The van der Waals surface area contributed by atoms with Crippen LogP contribution in [0.2, 0.25) is 0 Å². The summed E-state index contributed by atoms with van der Waals surface area (Å²) < 4.78 is 26.7. The summed E-state index contributed by atoms with van der Waals surface area (Å²) in [4.78, 5) is 0.245. The van der Waals surface area contributed by atoms with Crippen LogP contribution >= 0.6 is 0 Å². The van der Waals surface area contributed by atoms with Crippen molar-refractivity contribution in [1.82, 2.24) is 4.31 Å². The van der Waals surface area contributed by atoms with Gasteiger partial charge >= 0.3 is 0 Å². The van der Waals surface area contributed by atoms with E-state index in [2.05, 4.69) is 0 Å². The zero-order valence-corrected chi connectivity index (χ0v) is 12.2. The lowest BCUT2D eigenvalue weighted by molar-refractivity contribution is 0.165. The summed E-state index contributed by atoms with van der Waals surface area (Å²) in [7, 11) is -3.55. The van der Waals surface area contributed by atoms with Crippen LogP contribution in [0.5, 0.6) is 0 Å². The van der Waals surface area contributed by atoms with Crippen LogP contribution in [0.25, 0.3) is 0 Å². The fourth-order valence-electron chi connectivity index (χ4n) is 2.54. The number of hydrogen-bond acceptors (Lipinski definition) is 4. The number of nitriles is 1. The van der Waals surface area contributed by atoms with E-state index in [1.165, 1.54) is 16.4 Å². The predicted molar refractivity (Wildman–Crippen MR) is 74.5 cm³/mol. The molecule has 1 N–H and O–H groups in total. The number of hydrogen-bond donors (Lipinski definition) is 1. The zero-order valence-electron chi connectivity index (χ0n) is 11.4. The molecule has 0 bridgehead atoms. The molecule has 1 fully saturated rings. The average Bonchev–Trinajstić information content (AvgIpc) is 2.46. The lowest BCUT2D eigenvalue weighted by Gasteiger charge is -2.31. The topological polar surface area (TPSA) is 81.4 Å². The Hall–Kier alpha value is -1.42.